The normalized spacial score (nSPS) is 17.1. The number of aryl methyl sites for hydroxylation is 1. The van der Waals surface area contributed by atoms with Gasteiger partial charge in [0.05, 0.1) is 23.7 Å². The number of imidazole rings is 1. The highest BCUT2D eigenvalue weighted by atomic mass is 16.6. The summed E-state index contributed by atoms with van der Waals surface area (Å²) in [6, 6.07) is 0. The standard InChI is InChI=1S/C19H26N4O6/c1-8-28-17(24)12-10(2)21-11(3)13(18(25)29-19(4,5)6)14(12)15-16(23(26)27)20-9-22(15)7/h9,14,21H,8H2,1-7H3. The predicted molar refractivity (Wildman–Crippen MR) is 104 cm³/mol. The van der Waals surface area contributed by atoms with Crippen LogP contribution in [0.4, 0.5) is 5.82 Å². The second-order valence-corrected chi connectivity index (χ2v) is 7.68. The molecule has 2 rings (SSSR count). The zero-order valence-corrected chi connectivity index (χ0v) is 17.7. The van der Waals surface area contributed by atoms with Crippen LogP contribution in [0.2, 0.25) is 0 Å². The van der Waals surface area contributed by atoms with Crippen molar-refractivity contribution in [3.05, 3.63) is 44.7 Å². The van der Waals surface area contributed by atoms with Crippen LogP contribution in [0.5, 0.6) is 0 Å². The Bertz CT molecular complexity index is 920. The molecule has 0 bridgehead atoms. The molecule has 10 nitrogen and oxygen atoms in total. The van der Waals surface area contributed by atoms with Gasteiger partial charge in [-0.15, -0.1) is 0 Å². The van der Waals surface area contributed by atoms with Crippen molar-refractivity contribution in [3.63, 3.8) is 0 Å². The summed E-state index contributed by atoms with van der Waals surface area (Å²) < 4.78 is 12.1. The van der Waals surface area contributed by atoms with E-state index < -0.39 is 34.2 Å². The highest BCUT2D eigenvalue weighted by Gasteiger charge is 2.44. The number of hydrogen-bond acceptors (Lipinski definition) is 8. The van der Waals surface area contributed by atoms with Crippen molar-refractivity contribution < 1.29 is 24.0 Å². The summed E-state index contributed by atoms with van der Waals surface area (Å²) in [5.74, 6) is -2.87. The molecule has 1 aliphatic rings. The smallest absolute Gasteiger partial charge is 0.385 e. The lowest BCUT2D eigenvalue weighted by Crippen LogP contribution is -2.35. The lowest BCUT2D eigenvalue weighted by atomic mass is 9.82. The van der Waals surface area contributed by atoms with Crippen LogP contribution in [0.15, 0.2) is 28.9 Å². The fourth-order valence-corrected chi connectivity index (χ4v) is 3.25. The van der Waals surface area contributed by atoms with E-state index in [1.54, 1.807) is 48.6 Å². The maximum atomic E-state index is 13.1. The molecule has 158 valence electrons. The number of hydrogen-bond donors (Lipinski definition) is 1. The third-order valence-electron chi connectivity index (χ3n) is 4.28. The molecule has 1 aromatic rings. The molecular formula is C19H26N4O6. The van der Waals surface area contributed by atoms with Gasteiger partial charge in [0.15, 0.2) is 0 Å². The van der Waals surface area contributed by atoms with Crippen LogP contribution in [0.25, 0.3) is 0 Å². The monoisotopic (exact) mass is 406 g/mol. The van der Waals surface area contributed by atoms with Crippen molar-refractivity contribution >= 4 is 17.8 Å². The second-order valence-electron chi connectivity index (χ2n) is 7.68. The molecule has 1 aliphatic heterocycles. The molecule has 0 saturated carbocycles. The number of aromatic nitrogens is 2. The van der Waals surface area contributed by atoms with Gasteiger partial charge in [-0.2, -0.15) is 0 Å². The molecule has 2 heterocycles. The number of nitrogens with zero attached hydrogens (tertiary/aromatic N) is 3. The van der Waals surface area contributed by atoms with Crippen molar-refractivity contribution in [3.8, 4) is 0 Å². The zero-order valence-electron chi connectivity index (χ0n) is 17.7. The lowest BCUT2D eigenvalue weighted by molar-refractivity contribution is -0.390. The van der Waals surface area contributed by atoms with E-state index >= 15 is 0 Å². The van der Waals surface area contributed by atoms with Gasteiger partial charge in [0.2, 0.25) is 6.33 Å². The highest BCUT2D eigenvalue weighted by molar-refractivity contribution is 6.00. The number of allylic oxidation sites excluding steroid dienone is 2. The summed E-state index contributed by atoms with van der Waals surface area (Å²) in [4.78, 5) is 40.6. The van der Waals surface area contributed by atoms with Gasteiger partial charge in [-0.3, -0.25) is 0 Å². The minimum atomic E-state index is -1.07. The van der Waals surface area contributed by atoms with Crippen LogP contribution < -0.4 is 5.32 Å². The number of ether oxygens (including phenoxy) is 2. The number of rotatable bonds is 5. The van der Waals surface area contributed by atoms with E-state index in [9.17, 15) is 19.7 Å². The largest absolute Gasteiger partial charge is 0.463 e. The summed E-state index contributed by atoms with van der Waals surface area (Å²) in [6.45, 7) is 10.2. The Kier molecular flexibility index (Phi) is 6.15. The van der Waals surface area contributed by atoms with Gasteiger partial charge in [-0.05, 0) is 51.4 Å². The number of nitro groups is 1. The molecule has 0 spiro atoms. The van der Waals surface area contributed by atoms with Crippen molar-refractivity contribution in [2.75, 3.05) is 6.61 Å². The molecule has 1 atom stereocenters. The molecule has 1 N–H and O–H groups in total. The van der Waals surface area contributed by atoms with E-state index in [0.29, 0.717) is 11.4 Å². The van der Waals surface area contributed by atoms with Gasteiger partial charge in [0, 0.05) is 18.4 Å². The summed E-state index contributed by atoms with van der Waals surface area (Å²) in [5.41, 5.74) is 0.372. The fourth-order valence-electron chi connectivity index (χ4n) is 3.25. The summed E-state index contributed by atoms with van der Waals surface area (Å²) >= 11 is 0. The van der Waals surface area contributed by atoms with Crippen LogP contribution in [0.3, 0.4) is 0 Å². The molecule has 10 heteroatoms. The van der Waals surface area contributed by atoms with Crippen molar-refractivity contribution in [2.24, 2.45) is 7.05 Å². The topological polar surface area (TPSA) is 126 Å². The first kappa shape index (κ1) is 22.1. The minimum Gasteiger partial charge on any atom is -0.463 e. The Morgan fingerprint density at radius 3 is 2.28 bits per heavy atom. The third kappa shape index (κ3) is 4.47. The van der Waals surface area contributed by atoms with Gasteiger partial charge >= 0.3 is 17.8 Å². The first-order chi connectivity index (χ1) is 13.4. The van der Waals surface area contributed by atoms with Crippen LogP contribution >= 0.6 is 0 Å². The molecule has 0 fully saturated rings. The predicted octanol–water partition coefficient (Wildman–Crippen LogP) is 2.47. The Morgan fingerprint density at radius 1 is 1.24 bits per heavy atom. The van der Waals surface area contributed by atoms with E-state index in [1.165, 1.54) is 10.9 Å². The summed E-state index contributed by atoms with van der Waals surface area (Å²) in [7, 11) is 1.57. The first-order valence-corrected chi connectivity index (χ1v) is 9.13. The van der Waals surface area contributed by atoms with E-state index in [0.717, 1.165) is 0 Å². The maximum absolute atomic E-state index is 13.1. The van der Waals surface area contributed by atoms with Crippen molar-refractivity contribution in [1.82, 2.24) is 14.9 Å². The molecule has 0 aromatic carbocycles. The quantitative estimate of drug-likeness (QED) is 0.449. The molecular weight excluding hydrogens is 380 g/mol. The van der Waals surface area contributed by atoms with Crippen LogP contribution in [0.1, 0.15) is 53.2 Å². The van der Waals surface area contributed by atoms with Gasteiger partial charge in [0.1, 0.15) is 11.3 Å². The number of carbonyl (C=O) groups excluding carboxylic acids is 2. The molecule has 1 unspecified atom stereocenters. The number of dihydropyridines is 1. The van der Waals surface area contributed by atoms with Gasteiger partial charge in [0.25, 0.3) is 0 Å². The first-order valence-electron chi connectivity index (χ1n) is 9.13. The van der Waals surface area contributed by atoms with Crippen LogP contribution in [-0.2, 0) is 26.1 Å². The lowest BCUT2D eigenvalue weighted by Gasteiger charge is -2.31. The Morgan fingerprint density at radius 2 is 1.79 bits per heavy atom. The SMILES string of the molecule is CCOC(=O)C1=C(C)NC(C)=C(C(=O)OC(C)(C)C)C1c1c([N+](=O)[O-])ncn1C. The zero-order chi connectivity index (χ0) is 22.1. The summed E-state index contributed by atoms with van der Waals surface area (Å²) in [5, 5.41) is 14.6. The highest BCUT2D eigenvalue weighted by Crippen LogP contribution is 2.42. The molecule has 0 amide bonds. The van der Waals surface area contributed by atoms with E-state index in [2.05, 4.69) is 10.3 Å². The minimum absolute atomic E-state index is 0.0964. The van der Waals surface area contributed by atoms with Crippen LogP contribution in [-0.4, -0.2) is 38.6 Å². The molecule has 29 heavy (non-hydrogen) atoms. The number of esters is 2. The molecule has 0 saturated heterocycles. The number of nitrogens with one attached hydrogen (secondary N) is 1. The van der Waals surface area contributed by atoms with Crippen LogP contribution in [0, 0.1) is 10.1 Å². The van der Waals surface area contributed by atoms with Crippen molar-refractivity contribution in [1.29, 1.82) is 0 Å². The van der Waals surface area contributed by atoms with Gasteiger partial charge in [-0.25, -0.2) is 9.59 Å². The fraction of sp³-hybridized carbons (Fsp3) is 0.526. The average Bonchev–Trinajstić information content (AvgIpc) is 2.93. The van der Waals surface area contributed by atoms with Gasteiger partial charge < -0.3 is 29.5 Å². The maximum Gasteiger partial charge on any atom is 0.385 e. The van der Waals surface area contributed by atoms with E-state index in [4.69, 9.17) is 9.47 Å². The molecule has 0 radical (unpaired) electrons. The molecule has 1 aromatic heterocycles. The van der Waals surface area contributed by atoms with Crippen molar-refractivity contribution in [2.45, 2.75) is 53.1 Å². The number of carbonyl (C=O) groups is 2. The van der Waals surface area contributed by atoms with E-state index in [-0.39, 0.29) is 23.4 Å². The third-order valence-corrected chi connectivity index (χ3v) is 4.28. The Balaban J connectivity index is 2.77. The Hall–Kier alpha value is -3.17. The summed E-state index contributed by atoms with van der Waals surface area (Å²) in [6.07, 6.45) is 1.27. The van der Waals surface area contributed by atoms with E-state index in [1.807, 2.05) is 0 Å². The average molecular weight is 406 g/mol. The molecule has 0 aliphatic carbocycles. The second kappa shape index (κ2) is 8.06. The van der Waals surface area contributed by atoms with Gasteiger partial charge in [-0.1, -0.05) is 0 Å². The Labute approximate surface area is 168 Å².